The molecule has 116 valence electrons. The number of carbonyl (C=O) groups is 2. The van der Waals surface area contributed by atoms with Crippen LogP contribution in [0.5, 0.6) is 0 Å². The van der Waals surface area contributed by atoms with Gasteiger partial charge in [-0.05, 0) is 23.3 Å². The molecule has 2 aromatic carbocycles. The van der Waals surface area contributed by atoms with Crippen LogP contribution in [0.1, 0.15) is 17.5 Å². The Kier molecular flexibility index (Phi) is 4.48. The highest BCUT2D eigenvalue weighted by Gasteiger charge is 2.34. The van der Waals surface area contributed by atoms with E-state index >= 15 is 0 Å². The molecule has 1 saturated heterocycles. The lowest BCUT2D eigenvalue weighted by atomic mass is 10.1. The summed E-state index contributed by atoms with van der Waals surface area (Å²) in [5.74, 6) is -0.485. The van der Waals surface area contributed by atoms with Crippen LogP contribution in [0.4, 0.5) is 0 Å². The van der Waals surface area contributed by atoms with Crippen molar-refractivity contribution in [2.75, 3.05) is 0 Å². The van der Waals surface area contributed by atoms with E-state index in [0.29, 0.717) is 13.1 Å². The van der Waals surface area contributed by atoms with Crippen molar-refractivity contribution in [3.8, 4) is 0 Å². The van der Waals surface area contributed by atoms with Gasteiger partial charge < -0.3 is 0 Å². The van der Waals surface area contributed by atoms with Gasteiger partial charge in [0.05, 0.1) is 13.1 Å². The summed E-state index contributed by atoms with van der Waals surface area (Å²) in [5.41, 5.74) is 1.97. The van der Waals surface area contributed by atoms with Gasteiger partial charge in [-0.2, -0.15) is 0 Å². The highest BCUT2D eigenvalue weighted by molar-refractivity contribution is 7.80. The molecule has 0 N–H and O–H groups in total. The first-order valence-corrected chi connectivity index (χ1v) is 7.78. The van der Waals surface area contributed by atoms with E-state index in [1.807, 2.05) is 60.7 Å². The summed E-state index contributed by atoms with van der Waals surface area (Å²) < 4.78 is 0. The molecule has 1 aliphatic rings. The minimum absolute atomic E-state index is 0.139. The van der Waals surface area contributed by atoms with Crippen LogP contribution in [0.2, 0.25) is 0 Å². The standard InChI is InChI=1S/C18H16N2O2S/c21-16-11-17(22)20(13-15-9-5-2-6-10-15)18(23)19(16)12-14-7-3-1-4-8-14/h1-10H,11-13H2. The van der Waals surface area contributed by atoms with Crippen LogP contribution in [0.15, 0.2) is 60.7 Å². The molecular weight excluding hydrogens is 308 g/mol. The highest BCUT2D eigenvalue weighted by Crippen LogP contribution is 2.18. The van der Waals surface area contributed by atoms with Crippen LogP contribution >= 0.6 is 12.2 Å². The smallest absolute Gasteiger partial charge is 0.238 e. The molecule has 5 heteroatoms. The minimum atomic E-state index is -0.242. The van der Waals surface area contributed by atoms with Crippen molar-refractivity contribution in [2.24, 2.45) is 0 Å². The van der Waals surface area contributed by atoms with Gasteiger partial charge in [-0.15, -0.1) is 0 Å². The molecule has 4 nitrogen and oxygen atoms in total. The first kappa shape index (κ1) is 15.4. The van der Waals surface area contributed by atoms with E-state index < -0.39 is 0 Å². The van der Waals surface area contributed by atoms with Crippen molar-refractivity contribution in [3.63, 3.8) is 0 Å². The van der Waals surface area contributed by atoms with Crippen molar-refractivity contribution in [1.29, 1.82) is 0 Å². The number of rotatable bonds is 4. The maximum Gasteiger partial charge on any atom is 0.238 e. The first-order valence-electron chi connectivity index (χ1n) is 7.37. The van der Waals surface area contributed by atoms with Gasteiger partial charge in [0.25, 0.3) is 0 Å². The average molecular weight is 324 g/mol. The Labute approximate surface area is 140 Å². The third kappa shape index (κ3) is 3.46. The zero-order chi connectivity index (χ0) is 16.2. The average Bonchev–Trinajstić information content (AvgIpc) is 2.57. The second-order valence-corrected chi connectivity index (χ2v) is 5.76. The third-order valence-electron chi connectivity index (χ3n) is 3.73. The molecule has 2 aromatic rings. The molecular formula is C18H16N2O2S. The minimum Gasteiger partial charge on any atom is -0.284 e. The molecule has 1 fully saturated rings. The third-order valence-corrected chi connectivity index (χ3v) is 4.17. The molecule has 0 saturated carbocycles. The summed E-state index contributed by atoms with van der Waals surface area (Å²) in [6.45, 7) is 0.772. The Morgan fingerprint density at radius 1 is 0.739 bits per heavy atom. The zero-order valence-corrected chi connectivity index (χ0v) is 13.3. The second kappa shape index (κ2) is 6.71. The van der Waals surface area contributed by atoms with Crippen molar-refractivity contribution < 1.29 is 9.59 Å². The van der Waals surface area contributed by atoms with Gasteiger partial charge in [0.15, 0.2) is 5.11 Å². The first-order chi connectivity index (χ1) is 11.1. The van der Waals surface area contributed by atoms with Crippen molar-refractivity contribution in [3.05, 3.63) is 71.8 Å². The van der Waals surface area contributed by atoms with Crippen LogP contribution in [0, 0.1) is 0 Å². The summed E-state index contributed by atoms with van der Waals surface area (Å²) in [4.78, 5) is 27.4. The van der Waals surface area contributed by atoms with E-state index in [2.05, 4.69) is 0 Å². The molecule has 0 spiro atoms. The molecule has 2 amide bonds. The predicted molar refractivity (Wildman–Crippen MR) is 91.2 cm³/mol. The number of amides is 2. The van der Waals surface area contributed by atoms with Gasteiger partial charge in [0, 0.05) is 0 Å². The summed E-state index contributed by atoms with van der Waals surface area (Å²) in [7, 11) is 0. The van der Waals surface area contributed by atoms with Crippen molar-refractivity contribution in [1.82, 2.24) is 9.80 Å². The summed E-state index contributed by atoms with van der Waals surface area (Å²) in [6, 6.07) is 19.3. The molecule has 0 unspecified atom stereocenters. The topological polar surface area (TPSA) is 40.6 Å². The Balaban J connectivity index is 1.80. The Bertz CT molecular complexity index is 670. The summed E-state index contributed by atoms with van der Waals surface area (Å²) >= 11 is 5.41. The van der Waals surface area contributed by atoms with Gasteiger partial charge >= 0.3 is 0 Å². The van der Waals surface area contributed by atoms with Crippen LogP contribution in [-0.2, 0) is 22.7 Å². The molecule has 23 heavy (non-hydrogen) atoms. The fraction of sp³-hybridized carbons (Fsp3) is 0.167. The summed E-state index contributed by atoms with van der Waals surface area (Å²) in [6.07, 6.45) is -0.139. The second-order valence-electron chi connectivity index (χ2n) is 5.39. The maximum atomic E-state index is 12.2. The lowest BCUT2D eigenvalue weighted by Crippen LogP contribution is -2.53. The molecule has 0 radical (unpaired) electrons. The number of thiocarbonyl (C=S) groups is 1. The van der Waals surface area contributed by atoms with Crippen LogP contribution in [0.25, 0.3) is 0 Å². The largest absolute Gasteiger partial charge is 0.284 e. The lowest BCUT2D eigenvalue weighted by Gasteiger charge is -2.35. The van der Waals surface area contributed by atoms with Gasteiger partial charge in [0.1, 0.15) is 6.42 Å². The molecule has 3 rings (SSSR count). The molecule has 0 atom stereocenters. The van der Waals surface area contributed by atoms with E-state index in [0.717, 1.165) is 11.1 Å². The van der Waals surface area contributed by atoms with Crippen LogP contribution < -0.4 is 0 Å². The predicted octanol–water partition coefficient (Wildman–Crippen LogP) is 2.73. The molecule has 1 heterocycles. The molecule has 0 aliphatic carbocycles. The fourth-order valence-corrected chi connectivity index (χ4v) is 2.86. The van der Waals surface area contributed by atoms with E-state index in [-0.39, 0.29) is 23.3 Å². The fourth-order valence-electron chi connectivity index (χ4n) is 2.52. The molecule has 0 aromatic heterocycles. The Morgan fingerprint density at radius 2 is 1.13 bits per heavy atom. The molecule has 0 bridgehead atoms. The van der Waals surface area contributed by atoms with Crippen molar-refractivity contribution in [2.45, 2.75) is 19.5 Å². The van der Waals surface area contributed by atoms with Gasteiger partial charge in [0.2, 0.25) is 11.8 Å². The quantitative estimate of drug-likeness (QED) is 0.641. The normalized spacial score (nSPS) is 15.2. The summed E-state index contributed by atoms with van der Waals surface area (Å²) in [5, 5.41) is 0.277. The number of benzene rings is 2. The van der Waals surface area contributed by atoms with E-state index in [9.17, 15) is 9.59 Å². The van der Waals surface area contributed by atoms with E-state index in [1.165, 1.54) is 9.80 Å². The number of nitrogens with zero attached hydrogens (tertiary/aromatic N) is 2. The SMILES string of the molecule is O=C1CC(=O)N(Cc2ccccc2)C(=S)N1Cc1ccccc1. The van der Waals surface area contributed by atoms with Crippen LogP contribution in [0.3, 0.4) is 0 Å². The number of hydrogen-bond donors (Lipinski definition) is 0. The number of carbonyl (C=O) groups excluding carboxylic acids is 2. The van der Waals surface area contributed by atoms with Gasteiger partial charge in [-0.3, -0.25) is 19.4 Å². The van der Waals surface area contributed by atoms with Gasteiger partial charge in [-0.25, -0.2) is 0 Å². The van der Waals surface area contributed by atoms with Crippen molar-refractivity contribution >= 4 is 29.1 Å². The van der Waals surface area contributed by atoms with E-state index in [1.54, 1.807) is 0 Å². The monoisotopic (exact) mass is 324 g/mol. The maximum absolute atomic E-state index is 12.2. The zero-order valence-electron chi connectivity index (χ0n) is 12.5. The Hall–Kier alpha value is -2.53. The van der Waals surface area contributed by atoms with Crippen LogP contribution in [-0.4, -0.2) is 26.7 Å². The highest BCUT2D eigenvalue weighted by atomic mass is 32.1. The number of hydrogen-bond acceptors (Lipinski definition) is 3. The van der Waals surface area contributed by atoms with E-state index in [4.69, 9.17) is 12.2 Å². The molecule has 1 aliphatic heterocycles. The lowest BCUT2D eigenvalue weighted by molar-refractivity contribution is -0.141. The Morgan fingerprint density at radius 3 is 1.52 bits per heavy atom. The van der Waals surface area contributed by atoms with Gasteiger partial charge in [-0.1, -0.05) is 60.7 Å².